The highest BCUT2D eigenvalue weighted by Crippen LogP contribution is 2.26. The highest BCUT2D eigenvalue weighted by Gasteiger charge is 2.14. The zero-order valence-corrected chi connectivity index (χ0v) is 10.3. The van der Waals surface area contributed by atoms with E-state index < -0.39 is 5.97 Å². The predicted molar refractivity (Wildman–Crippen MR) is 60.5 cm³/mol. The molecule has 0 saturated heterocycles. The third-order valence-electron chi connectivity index (χ3n) is 1.71. The van der Waals surface area contributed by atoms with Gasteiger partial charge in [0, 0.05) is 10.0 Å². The number of hydrogen-bond donors (Lipinski definition) is 0. The molecule has 5 heteroatoms. The van der Waals surface area contributed by atoms with E-state index in [9.17, 15) is 9.59 Å². The normalized spacial score (nSPS) is 9.80. The molecule has 0 heterocycles. The minimum atomic E-state index is -0.531. The molecule has 0 spiro atoms. The fourth-order valence-electron chi connectivity index (χ4n) is 1.05. The van der Waals surface area contributed by atoms with Gasteiger partial charge in [-0.1, -0.05) is 11.6 Å². The maximum atomic E-state index is 11.4. The van der Waals surface area contributed by atoms with Gasteiger partial charge in [-0.15, -0.1) is 0 Å². The Bertz CT molecular complexity index is 404. The van der Waals surface area contributed by atoms with Gasteiger partial charge in [-0.2, -0.15) is 0 Å². The number of carbonyl (C=O) groups is 2. The fourth-order valence-corrected chi connectivity index (χ4v) is 1.56. The minimum Gasteiger partial charge on any atom is -0.462 e. The van der Waals surface area contributed by atoms with Crippen LogP contribution < -0.4 is 0 Å². The first kappa shape index (κ1) is 12.2. The molecule has 0 atom stereocenters. The predicted octanol–water partition coefficient (Wildman–Crippen LogP) is 3.09. The van der Waals surface area contributed by atoms with Crippen LogP contribution in [-0.2, 0) is 4.74 Å². The van der Waals surface area contributed by atoms with Crippen LogP contribution in [0.1, 0.15) is 27.6 Å². The number of benzene rings is 1. The Balaban J connectivity index is 3.21. The molecule has 0 fully saturated rings. The molecule has 15 heavy (non-hydrogen) atoms. The van der Waals surface area contributed by atoms with E-state index in [2.05, 4.69) is 15.9 Å². The van der Waals surface area contributed by atoms with Gasteiger partial charge in [-0.05, 0) is 35.0 Å². The maximum absolute atomic E-state index is 11.4. The summed E-state index contributed by atoms with van der Waals surface area (Å²) in [6, 6.07) is 2.90. The summed E-state index contributed by atoms with van der Waals surface area (Å²) in [4.78, 5) is 22.2. The smallest absolute Gasteiger partial charge is 0.338 e. The molecule has 0 aliphatic heterocycles. The van der Waals surface area contributed by atoms with Crippen molar-refractivity contribution in [1.82, 2.24) is 0 Å². The van der Waals surface area contributed by atoms with Gasteiger partial charge >= 0.3 is 5.97 Å². The molecule has 1 aromatic carbocycles. The number of hydrogen-bond acceptors (Lipinski definition) is 3. The summed E-state index contributed by atoms with van der Waals surface area (Å²) in [5.41, 5.74) is 0.435. The molecular formula is C10H8BrClO3. The molecule has 0 bridgehead atoms. The van der Waals surface area contributed by atoms with E-state index in [4.69, 9.17) is 16.3 Å². The molecule has 0 aliphatic carbocycles. The zero-order valence-electron chi connectivity index (χ0n) is 7.92. The quantitative estimate of drug-likeness (QED) is 0.635. The van der Waals surface area contributed by atoms with Gasteiger partial charge in [-0.25, -0.2) is 4.79 Å². The Morgan fingerprint density at radius 3 is 2.80 bits per heavy atom. The van der Waals surface area contributed by atoms with Gasteiger partial charge in [0.05, 0.1) is 17.2 Å². The molecule has 80 valence electrons. The van der Waals surface area contributed by atoms with Crippen molar-refractivity contribution in [1.29, 1.82) is 0 Å². The number of esters is 1. The highest BCUT2D eigenvalue weighted by molar-refractivity contribution is 9.10. The molecule has 0 amide bonds. The Kier molecular flexibility index (Phi) is 4.29. The van der Waals surface area contributed by atoms with Crippen molar-refractivity contribution in [3.05, 3.63) is 32.8 Å². The first-order chi connectivity index (χ1) is 7.10. The maximum Gasteiger partial charge on any atom is 0.338 e. The van der Waals surface area contributed by atoms with E-state index in [1.54, 1.807) is 6.92 Å². The van der Waals surface area contributed by atoms with E-state index in [0.717, 1.165) is 0 Å². The van der Waals surface area contributed by atoms with Crippen LogP contribution in [0, 0.1) is 0 Å². The average molecular weight is 292 g/mol. The number of carbonyl (C=O) groups excluding carboxylic acids is 2. The Labute approximate surface area is 100 Å². The first-order valence-electron chi connectivity index (χ1n) is 4.21. The van der Waals surface area contributed by atoms with E-state index in [0.29, 0.717) is 15.8 Å². The molecule has 0 N–H and O–H groups in total. The van der Waals surface area contributed by atoms with E-state index >= 15 is 0 Å². The van der Waals surface area contributed by atoms with Crippen molar-refractivity contribution in [3.63, 3.8) is 0 Å². The van der Waals surface area contributed by atoms with E-state index in [1.165, 1.54) is 12.1 Å². The zero-order chi connectivity index (χ0) is 11.4. The third-order valence-corrected chi connectivity index (χ3v) is 2.91. The van der Waals surface area contributed by atoms with E-state index in [1.807, 2.05) is 0 Å². The van der Waals surface area contributed by atoms with Crippen LogP contribution in [0.5, 0.6) is 0 Å². The monoisotopic (exact) mass is 290 g/mol. The molecule has 0 unspecified atom stereocenters. The Hall–Kier alpha value is -0.870. The van der Waals surface area contributed by atoms with Gasteiger partial charge in [0.2, 0.25) is 0 Å². The second-order valence-electron chi connectivity index (χ2n) is 2.69. The number of rotatable bonds is 3. The molecule has 1 rings (SSSR count). The summed E-state index contributed by atoms with van der Waals surface area (Å²) in [7, 11) is 0. The molecule has 3 nitrogen and oxygen atoms in total. The summed E-state index contributed by atoms with van der Waals surface area (Å²) in [5, 5.41) is 0.380. The van der Waals surface area contributed by atoms with Crippen molar-refractivity contribution >= 4 is 39.8 Å². The Morgan fingerprint density at radius 2 is 2.27 bits per heavy atom. The first-order valence-corrected chi connectivity index (χ1v) is 5.38. The van der Waals surface area contributed by atoms with Gasteiger partial charge in [0.1, 0.15) is 0 Å². The van der Waals surface area contributed by atoms with Crippen LogP contribution in [0.4, 0.5) is 0 Å². The molecule has 0 aliphatic rings. The average Bonchev–Trinajstić information content (AvgIpc) is 2.21. The minimum absolute atomic E-state index is 0.211. The summed E-state index contributed by atoms with van der Waals surface area (Å²) in [6.07, 6.45) is 0.574. The summed E-state index contributed by atoms with van der Waals surface area (Å²) in [6.45, 7) is 1.96. The lowest BCUT2D eigenvalue weighted by atomic mass is 10.1. The van der Waals surface area contributed by atoms with Crippen molar-refractivity contribution < 1.29 is 14.3 Å². The number of aldehydes is 1. The van der Waals surface area contributed by atoms with Crippen molar-refractivity contribution in [2.75, 3.05) is 6.61 Å². The second kappa shape index (κ2) is 5.28. The lowest BCUT2D eigenvalue weighted by Gasteiger charge is -2.06. The summed E-state index contributed by atoms with van der Waals surface area (Å²) >= 11 is 8.96. The standard InChI is InChI=1S/C10H8BrClO3/c1-2-15-10(14)7-4-8(11)9(12)3-6(7)5-13/h3-5H,2H2,1H3. The second-order valence-corrected chi connectivity index (χ2v) is 3.95. The van der Waals surface area contributed by atoms with Gasteiger partial charge < -0.3 is 4.74 Å². The van der Waals surface area contributed by atoms with Crippen LogP contribution in [-0.4, -0.2) is 18.9 Å². The van der Waals surface area contributed by atoms with E-state index in [-0.39, 0.29) is 17.7 Å². The van der Waals surface area contributed by atoms with Crippen LogP contribution in [0.25, 0.3) is 0 Å². The van der Waals surface area contributed by atoms with Crippen LogP contribution in [0.15, 0.2) is 16.6 Å². The van der Waals surface area contributed by atoms with Gasteiger partial charge in [0.15, 0.2) is 6.29 Å². The van der Waals surface area contributed by atoms with Gasteiger partial charge in [0.25, 0.3) is 0 Å². The molecule has 0 radical (unpaired) electrons. The fraction of sp³-hybridized carbons (Fsp3) is 0.200. The van der Waals surface area contributed by atoms with Crippen LogP contribution in [0.2, 0.25) is 5.02 Å². The van der Waals surface area contributed by atoms with Crippen LogP contribution >= 0.6 is 27.5 Å². The lowest BCUT2D eigenvalue weighted by Crippen LogP contribution is -2.08. The SMILES string of the molecule is CCOC(=O)c1cc(Br)c(Cl)cc1C=O. The van der Waals surface area contributed by atoms with Crippen molar-refractivity contribution in [2.24, 2.45) is 0 Å². The number of ether oxygens (including phenoxy) is 1. The molecular weight excluding hydrogens is 283 g/mol. The van der Waals surface area contributed by atoms with Crippen LogP contribution in [0.3, 0.4) is 0 Å². The molecule has 1 aromatic rings. The van der Waals surface area contributed by atoms with Gasteiger partial charge in [-0.3, -0.25) is 4.79 Å². The lowest BCUT2D eigenvalue weighted by molar-refractivity contribution is 0.0524. The molecule has 0 saturated carbocycles. The Morgan fingerprint density at radius 1 is 1.60 bits per heavy atom. The third kappa shape index (κ3) is 2.79. The summed E-state index contributed by atoms with van der Waals surface area (Å²) < 4.78 is 5.36. The topological polar surface area (TPSA) is 43.4 Å². The summed E-state index contributed by atoms with van der Waals surface area (Å²) in [5.74, 6) is -0.531. The highest BCUT2D eigenvalue weighted by atomic mass is 79.9. The van der Waals surface area contributed by atoms with Crippen molar-refractivity contribution in [3.8, 4) is 0 Å². The van der Waals surface area contributed by atoms with Crippen molar-refractivity contribution in [2.45, 2.75) is 6.92 Å². The molecule has 0 aromatic heterocycles. The number of halogens is 2. The largest absolute Gasteiger partial charge is 0.462 e.